The molecule has 1 aliphatic heterocycles. The Morgan fingerprint density at radius 1 is 0.423 bits per heavy atom. The molecular formula is C66H62N4O. The third-order valence-corrected chi connectivity index (χ3v) is 14.1. The molecular weight excluding hydrogens is 865 g/mol. The maximum Gasteiger partial charge on any atom is 0.137 e. The minimum Gasteiger partial charge on any atom is -0.457 e. The van der Waals surface area contributed by atoms with Gasteiger partial charge in [0.1, 0.15) is 24.0 Å². The summed E-state index contributed by atoms with van der Waals surface area (Å²) < 4.78 is 9.18. The topological polar surface area (TPSA) is 33.5 Å². The Labute approximate surface area is 419 Å². The Kier molecular flexibility index (Phi) is 11.2. The summed E-state index contributed by atoms with van der Waals surface area (Å²) in [6.45, 7) is 21.3. The molecule has 71 heavy (non-hydrogen) atoms. The van der Waals surface area contributed by atoms with E-state index in [1.807, 2.05) is 6.20 Å². The SMILES string of the molecule is CC(C)(C)c1cc(-c2cccc(-c3ccccc3)c2N2CN(c3cccc(Oc4ccc5c6ccccc6n(-c6cc(C(C)(C)C)c(-c7ccccc7)cn6)c5c4)c3)c3ccccc32)cc(C(C)(C)C)c1. The molecule has 0 aliphatic carbocycles. The highest BCUT2D eigenvalue weighted by molar-refractivity contribution is 6.09. The molecule has 0 saturated heterocycles. The second-order valence-corrected chi connectivity index (χ2v) is 22.2. The predicted molar refractivity (Wildman–Crippen MR) is 300 cm³/mol. The molecule has 0 amide bonds. The molecule has 0 radical (unpaired) electrons. The summed E-state index contributed by atoms with van der Waals surface area (Å²) in [5.41, 5.74) is 17.6. The lowest BCUT2D eigenvalue weighted by Crippen LogP contribution is -2.25. The average molecular weight is 927 g/mol. The summed E-state index contributed by atoms with van der Waals surface area (Å²) in [7, 11) is 0. The van der Waals surface area contributed by atoms with E-state index in [-0.39, 0.29) is 16.2 Å². The molecule has 8 aromatic carbocycles. The van der Waals surface area contributed by atoms with E-state index in [2.05, 4.69) is 271 Å². The average Bonchev–Trinajstić information content (AvgIpc) is 3.92. The van der Waals surface area contributed by atoms with E-state index in [0.29, 0.717) is 6.67 Å². The first-order valence-electron chi connectivity index (χ1n) is 25.0. The molecule has 10 aromatic rings. The van der Waals surface area contributed by atoms with Gasteiger partial charge >= 0.3 is 0 Å². The van der Waals surface area contributed by atoms with Crippen molar-refractivity contribution in [3.05, 3.63) is 217 Å². The summed E-state index contributed by atoms with van der Waals surface area (Å²) in [5.74, 6) is 2.40. The minimum absolute atomic E-state index is 0.0238. The van der Waals surface area contributed by atoms with Crippen LogP contribution in [-0.4, -0.2) is 16.2 Å². The van der Waals surface area contributed by atoms with Crippen molar-refractivity contribution in [3.63, 3.8) is 0 Å². The Hall–Kier alpha value is -7.89. The van der Waals surface area contributed by atoms with E-state index in [0.717, 1.165) is 56.4 Å². The lowest BCUT2D eigenvalue weighted by Gasteiger charge is -2.29. The van der Waals surface area contributed by atoms with Crippen LogP contribution in [0.15, 0.2) is 200 Å². The summed E-state index contributed by atoms with van der Waals surface area (Å²) in [4.78, 5) is 10.1. The zero-order valence-electron chi connectivity index (χ0n) is 42.5. The Bertz CT molecular complexity index is 3570. The van der Waals surface area contributed by atoms with Gasteiger partial charge in [0, 0.05) is 51.5 Å². The Balaban J connectivity index is 0.987. The van der Waals surface area contributed by atoms with Gasteiger partial charge in [-0.1, -0.05) is 196 Å². The smallest absolute Gasteiger partial charge is 0.137 e. The molecule has 0 saturated carbocycles. The molecule has 11 rings (SSSR count). The van der Waals surface area contributed by atoms with E-state index < -0.39 is 0 Å². The first kappa shape index (κ1) is 45.5. The van der Waals surface area contributed by atoms with Crippen LogP contribution in [0.1, 0.15) is 79.0 Å². The van der Waals surface area contributed by atoms with Crippen LogP contribution in [0.5, 0.6) is 11.5 Å². The molecule has 0 N–H and O–H groups in total. The van der Waals surface area contributed by atoms with E-state index >= 15 is 0 Å². The van der Waals surface area contributed by atoms with Crippen LogP contribution < -0.4 is 14.5 Å². The Morgan fingerprint density at radius 3 is 1.65 bits per heavy atom. The minimum atomic E-state index is -0.116. The summed E-state index contributed by atoms with van der Waals surface area (Å²) >= 11 is 0. The van der Waals surface area contributed by atoms with Gasteiger partial charge in [0.05, 0.1) is 28.1 Å². The highest BCUT2D eigenvalue weighted by atomic mass is 16.5. The van der Waals surface area contributed by atoms with Crippen LogP contribution in [-0.2, 0) is 16.2 Å². The van der Waals surface area contributed by atoms with E-state index in [1.165, 1.54) is 55.6 Å². The fourth-order valence-electron chi connectivity index (χ4n) is 10.3. The van der Waals surface area contributed by atoms with Gasteiger partial charge < -0.3 is 14.5 Å². The highest BCUT2D eigenvalue weighted by Gasteiger charge is 2.32. The van der Waals surface area contributed by atoms with Crippen molar-refractivity contribution in [2.24, 2.45) is 0 Å². The van der Waals surface area contributed by atoms with Crippen molar-refractivity contribution in [1.29, 1.82) is 0 Å². The number of ether oxygens (including phenoxy) is 1. The monoisotopic (exact) mass is 926 g/mol. The highest BCUT2D eigenvalue weighted by Crippen LogP contribution is 2.51. The van der Waals surface area contributed by atoms with Gasteiger partial charge in [-0.25, -0.2) is 4.98 Å². The lowest BCUT2D eigenvalue weighted by molar-refractivity contribution is 0.483. The van der Waals surface area contributed by atoms with Crippen LogP contribution in [0.2, 0.25) is 0 Å². The van der Waals surface area contributed by atoms with Crippen molar-refractivity contribution >= 4 is 44.6 Å². The molecule has 0 spiro atoms. The second-order valence-electron chi connectivity index (χ2n) is 22.2. The molecule has 0 fully saturated rings. The van der Waals surface area contributed by atoms with Gasteiger partial charge in [-0.15, -0.1) is 0 Å². The van der Waals surface area contributed by atoms with Crippen molar-refractivity contribution in [3.8, 4) is 50.7 Å². The number of fused-ring (bicyclic) bond motifs is 4. The molecule has 3 heterocycles. The summed E-state index contributed by atoms with van der Waals surface area (Å²) in [5, 5.41) is 2.32. The van der Waals surface area contributed by atoms with Crippen LogP contribution in [0.4, 0.5) is 22.7 Å². The zero-order chi connectivity index (χ0) is 49.2. The van der Waals surface area contributed by atoms with Gasteiger partial charge in [0.15, 0.2) is 0 Å². The second kappa shape index (κ2) is 17.5. The van der Waals surface area contributed by atoms with E-state index in [4.69, 9.17) is 9.72 Å². The van der Waals surface area contributed by atoms with Gasteiger partial charge in [-0.05, 0) is 98.2 Å². The van der Waals surface area contributed by atoms with E-state index in [9.17, 15) is 0 Å². The van der Waals surface area contributed by atoms with Crippen LogP contribution >= 0.6 is 0 Å². The summed E-state index contributed by atoms with van der Waals surface area (Å²) in [6, 6.07) is 70.1. The quantitative estimate of drug-likeness (QED) is 0.152. The van der Waals surface area contributed by atoms with Crippen LogP contribution in [0.25, 0.3) is 61.0 Å². The van der Waals surface area contributed by atoms with E-state index in [1.54, 1.807) is 0 Å². The molecule has 0 atom stereocenters. The van der Waals surface area contributed by atoms with Gasteiger partial charge in [0.25, 0.3) is 0 Å². The number of anilines is 4. The first-order valence-corrected chi connectivity index (χ1v) is 25.0. The van der Waals surface area contributed by atoms with Crippen LogP contribution in [0, 0.1) is 0 Å². The molecule has 5 heteroatoms. The molecule has 0 bridgehead atoms. The molecule has 1 aliphatic rings. The maximum absolute atomic E-state index is 6.89. The lowest BCUT2D eigenvalue weighted by atomic mass is 9.78. The van der Waals surface area contributed by atoms with Gasteiger partial charge in [-0.2, -0.15) is 0 Å². The number of hydrogen-bond acceptors (Lipinski definition) is 4. The van der Waals surface area contributed by atoms with Crippen molar-refractivity contribution in [1.82, 2.24) is 9.55 Å². The van der Waals surface area contributed by atoms with Crippen LogP contribution in [0.3, 0.4) is 0 Å². The van der Waals surface area contributed by atoms with Gasteiger partial charge in [0.2, 0.25) is 0 Å². The summed E-state index contributed by atoms with van der Waals surface area (Å²) in [6.07, 6.45) is 2.05. The number of para-hydroxylation sites is 4. The third-order valence-electron chi connectivity index (χ3n) is 14.1. The molecule has 5 nitrogen and oxygen atoms in total. The van der Waals surface area contributed by atoms with Crippen molar-refractivity contribution < 1.29 is 4.74 Å². The third kappa shape index (κ3) is 8.54. The fraction of sp³-hybridized carbons (Fsp3) is 0.197. The molecule has 2 aromatic heterocycles. The number of rotatable bonds is 8. The number of hydrogen-bond donors (Lipinski definition) is 0. The molecule has 352 valence electrons. The van der Waals surface area contributed by atoms with Gasteiger partial charge in [-0.3, -0.25) is 4.57 Å². The normalized spacial score (nSPS) is 13.0. The largest absolute Gasteiger partial charge is 0.457 e. The predicted octanol–water partition coefficient (Wildman–Crippen LogP) is 18.1. The first-order chi connectivity index (χ1) is 34.1. The number of pyridine rings is 1. The number of benzene rings is 8. The maximum atomic E-state index is 6.89. The van der Waals surface area contributed by atoms with Crippen molar-refractivity contribution in [2.45, 2.75) is 78.6 Å². The van der Waals surface area contributed by atoms with Crippen molar-refractivity contribution in [2.75, 3.05) is 16.5 Å². The number of aromatic nitrogens is 2. The fourth-order valence-corrected chi connectivity index (χ4v) is 10.3. The number of nitrogens with zero attached hydrogens (tertiary/aromatic N) is 4. The Morgan fingerprint density at radius 2 is 0.986 bits per heavy atom. The standard InChI is InChI=1S/C66H62N4O/c1-64(2,3)47-36-46(37-48(38-47)65(4,5)6)53-30-21-29-52(44-22-12-10-13-23-44)63(53)69-43-68(59-32-18-19-33-60(59)69)49-26-20-27-50(39-49)71-51-34-35-55-54-28-16-17-31-58(54)70(61(55)40-51)62-41-57(66(7,8)9)56(42-67-62)45-24-14-11-15-25-45/h10-42H,43H2,1-9H3. The molecule has 0 unspecified atom stereocenters. The zero-order valence-corrected chi connectivity index (χ0v) is 42.5.